The third-order valence-electron chi connectivity index (χ3n) is 5.85. The summed E-state index contributed by atoms with van der Waals surface area (Å²) in [4.78, 5) is 41.1. The Bertz CT molecular complexity index is 876. The van der Waals surface area contributed by atoms with Crippen LogP contribution in [-0.2, 0) is 14.3 Å². The predicted octanol–water partition coefficient (Wildman–Crippen LogP) is 3.53. The maximum absolute atomic E-state index is 13.7. The van der Waals surface area contributed by atoms with Gasteiger partial charge in [0, 0.05) is 12.1 Å². The number of nitrogens with zero attached hydrogens (tertiary/aromatic N) is 1. The molecule has 1 aromatic carbocycles. The van der Waals surface area contributed by atoms with Gasteiger partial charge in [0.2, 0.25) is 11.8 Å². The van der Waals surface area contributed by atoms with E-state index in [0.717, 1.165) is 36.8 Å². The van der Waals surface area contributed by atoms with Crippen LogP contribution >= 0.6 is 0 Å². The van der Waals surface area contributed by atoms with E-state index in [2.05, 4.69) is 17.6 Å². The molecular weight excluding hydrogens is 434 g/mol. The van der Waals surface area contributed by atoms with E-state index in [1.807, 2.05) is 39.0 Å². The molecule has 8 nitrogen and oxygen atoms in total. The molecule has 3 unspecified atom stereocenters. The van der Waals surface area contributed by atoms with Crippen molar-refractivity contribution in [3.05, 3.63) is 34.9 Å². The van der Waals surface area contributed by atoms with Crippen molar-refractivity contribution in [1.29, 1.82) is 0 Å². The van der Waals surface area contributed by atoms with Gasteiger partial charge in [-0.1, -0.05) is 31.5 Å². The fraction of sp³-hybridized carbons (Fsp3) is 0.654. The highest BCUT2D eigenvalue weighted by molar-refractivity contribution is 5.92. The summed E-state index contributed by atoms with van der Waals surface area (Å²) < 4.78 is 5.27. The first-order valence-corrected chi connectivity index (χ1v) is 12.2. The van der Waals surface area contributed by atoms with Crippen LogP contribution in [-0.4, -0.2) is 58.2 Å². The molecule has 3 amide bonds. The van der Waals surface area contributed by atoms with Crippen molar-refractivity contribution < 1.29 is 24.2 Å². The molecule has 0 aliphatic heterocycles. The van der Waals surface area contributed by atoms with Gasteiger partial charge in [0.25, 0.3) is 0 Å². The number of hydrogen-bond donors (Lipinski definition) is 3. The van der Waals surface area contributed by atoms with Crippen LogP contribution in [0.5, 0.6) is 0 Å². The topological polar surface area (TPSA) is 108 Å². The highest BCUT2D eigenvalue weighted by Crippen LogP contribution is 2.36. The summed E-state index contributed by atoms with van der Waals surface area (Å²) in [6, 6.07) is 3.48. The van der Waals surface area contributed by atoms with Crippen molar-refractivity contribution in [2.45, 2.75) is 104 Å². The van der Waals surface area contributed by atoms with Crippen molar-refractivity contribution in [3.8, 4) is 0 Å². The second-order valence-corrected chi connectivity index (χ2v) is 10.3. The molecule has 1 aliphatic carbocycles. The average Bonchev–Trinajstić information content (AvgIpc) is 3.55. The van der Waals surface area contributed by atoms with Crippen LogP contribution in [0.1, 0.15) is 83.0 Å². The molecular formula is C26H41N3O5. The second-order valence-electron chi connectivity index (χ2n) is 10.3. The quantitative estimate of drug-likeness (QED) is 0.480. The summed E-state index contributed by atoms with van der Waals surface area (Å²) >= 11 is 0. The zero-order valence-corrected chi connectivity index (χ0v) is 21.6. The Kier molecular flexibility index (Phi) is 9.50. The summed E-state index contributed by atoms with van der Waals surface area (Å²) in [7, 11) is 0. The number of alkyl carbamates (subject to hydrolysis) is 1. The Hall–Kier alpha value is -2.61. The molecule has 0 heterocycles. The lowest BCUT2D eigenvalue weighted by Crippen LogP contribution is -2.55. The van der Waals surface area contributed by atoms with Gasteiger partial charge in [-0.2, -0.15) is 0 Å². The molecule has 0 bridgehead atoms. The number of carbonyl (C=O) groups is 3. The van der Waals surface area contributed by atoms with Crippen LogP contribution in [0.2, 0.25) is 0 Å². The molecule has 3 N–H and O–H groups in total. The van der Waals surface area contributed by atoms with Gasteiger partial charge in [-0.15, -0.1) is 0 Å². The van der Waals surface area contributed by atoms with Crippen LogP contribution in [0, 0.1) is 13.8 Å². The number of ether oxygens (including phenoxy) is 1. The maximum atomic E-state index is 13.7. The predicted molar refractivity (Wildman–Crippen MR) is 131 cm³/mol. The maximum Gasteiger partial charge on any atom is 0.408 e. The van der Waals surface area contributed by atoms with Gasteiger partial charge in [-0.25, -0.2) is 4.79 Å². The molecule has 8 heteroatoms. The standard InChI is InChI=1S/C26H41N3O5/c1-8-9-18(4)27-23(31)22(19-11-10-16(2)17(3)14-19)29(20-12-13-20)24(32)21(15-30)28-25(33)34-26(5,6)7/h10-11,14,18,20-22,30H,8-9,12-13,15H2,1-7H3,(H,27,31)(H,28,33). The minimum absolute atomic E-state index is 0.0452. The molecule has 1 aliphatic rings. The Balaban J connectivity index is 2.40. The Morgan fingerprint density at radius 1 is 1.15 bits per heavy atom. The highest BCUT2D eigenvalue weighted by atomic mass is 16.6. The third kappa shape index (κ3) is 7.72. The normalized spacial score (nSPS) is 16.2. The fourth-order valence-corrected chi connectivity index (χ4v) is 3.89. The lowest BCUT2D eigenvalue weighted by molar-refractivity contribution is -0.144. The van der Waals surface area contributed by atoms with Crippen molar-refractivity contribution in [3.63, 3.8) is 0 Å². The number of aliphatic hydroxyl groups is 1. The van der Waals surface area contributed by atoms with Crippen molar-refractivity contribution in [2.24, 2.45) is 0 Å². The minimum atomic E-state index is -1.22. The smallest absolute Gasteiger partial charge is 0.408 e. The van der Waals surface area contributed by atoms with Crippen LogP contribution in [0.3, 0.4) is 0 Å². The lowest BCUT2D eigenvalue weighted by Gasteiger charge is -2.35. The van der Waals surface area contributed by atoms with Gasteiger partial charge < -0.3 is 25.4 Å². The van der Waals surface area contributed by atoms with E-state index in [4.69, 9.17) is 4.74 Å². The summed E-state index contributed by atoms with van der Waals surface area (Å²) in [5.41, 5.74) is 2.07. The molecule has 3 atom stereocenters. The van der Waals surface area contributed by atoms with Gasteiger partial charge >= 0.3 is 6.09 Å². The van der Waals surface area contributed by atoms with Crippen molar-refractivity contribution in [2.75, 3.05) is 6.61 Å². The van der Waals surface area contributed by atoms with E-state index in [1.54, 1.807) is 20.8 Å². The van der Waals surface area contributed by atoms with Crippen LogP contribution in [0.4, 0.5) is 4.79 Å². The van der Waals surface area contributed by atoms with Crippen molar-refractivity contribution in [1.82, 2.24) is 15.5 Å². The Morgan fingerprint density at radius 3 is 2.29 bits per heavy atom. The van der Waals surface area contributed by atoms with E-state index >= 15 is 0 Å². The molecule has 0 saturated heterocycles. The first-order chi connectivity index (χ1) is 15.9. The fourth-order valence-electron chi connectivity index (χ4n) is 3.89. The van der Waals surface area contributed by atoms with Crippen LogP contribution < -0.4 is 10.6 Å². The number of benzene rings is 1. The number of rotatable bonds is 10. The average molecular weight is 476 g/mol. The molecule has 1 fully saturated rings. The van der Waals surface area contributed by atoms with E-state index in [9.17, 15) is 19.5 Å². The van der Waals surface area contributed by atoms with Crippen LogP contribution in [0.15, 0.2) is 18.2 Å². The number of amides is 3. The van der Waals surface area contributed by atoms with Gasteiger partial charge in [0.15, 0.2) is 0 Å². The van der Waals surface area contributed by atoms with Crippen molar-refractivity contribution >= 4 is 17.9 Å². The molecule has 190 valence electrons. The Labute approximate surface area is 203 Å². The van der Waals surface area contributed by atoms with E-state index < -0.39 is 36.3 Å². The SMILES string of the molecule is CCCC(C)NC(=O)C(c1ccc(C)c(C)c1)N(C(=O)C(CO)NC(=O)OC(C)(C)C)C1CC1. The third-order valence-corrected chi connectivity index (χ3v) is 5.85. The molecule has 1 saturated carbocycles. The summed E-state index contributed by atoms with van der Waals surface area (Å²) in [6.45, 7) is 12.5. The monoisotopic (exact) mass is 475 g/mol. The number of aryl methyl sites for hydroxylation is 2. The van der Waals surface area contributed by atoms with Crippen LogP contribution in [0.25, 0.3) is 0 Å². The molecule has 34 heavy (non-hydrogen) atoms. The highest BCUT2D eigenvalue weighted by Gasteiger charge is 2.44. The molecule has 0 spiro atoms. The zero-order valence-electron chi connectivity index (χ0n) is 21.6. The first-order valence-electron chi connectivity index (χ1n) is 12.2. The number of nitrogens with one attached hydrogen (secondary N) is 2. The number of aliphatic hydroxyl groups excluding tert-OH is 1. The van der Waals surface area contributed by atoms with Gasteiger partial charge in [-0.05, 0) is 77.5 Å². The van der Waals surface area contributed by atoms with Gasteiger partial charge in [-0.3, -0.25) is 9.59 Å². The largest absolute Gasteiger partial charge is 0.444 e. The Morgan fingerprint density at radius 2 is 1.79 bits per heavy atom. The molecule has 0 aromatic heterocycles. The second kappa shape index (κ2) is 11.7. The summed E-state index contributed by atoms with van der Waals surface area (Å²) in [5, 5.41) is 15.5. The summed E-state index contributed by atoms with van der Waals surface area (Å²) in [6.07, 6.45) is 2.47. The zero-order chi connectivity index (χ0) is 25.6. The van der Waals surface area contributed by atoms with Gasteiger partial charge in [0.05, 0.1) is 6.61 Å². The minimum Gasteiger partial charge on any atom is -0.444 e. The van der Waals surface area contributed by atoms with E-state index in [1.165, 1.54) is 4.90 Å². The number of carbonyl (C=O) groups excluding carboxylic acids is 3. The van der Waals surface area contributed by atoms with E-state index in [0.29, 0.717) is 5.56 Å². The molecule has 1 aromatic rings. The number of hydrogen-bond acceptors (Lipinski definition) is 5. The van der Waals surface area contributed by atoms with Gasteiger partial charge in [0.1, 0.15) is 17.7 Å². The van der Waals surface area contributed by atoms with E-state index in [-0.39, 0.29) is 18.0 Å². The lowest BCUT2D eigenvalue weighted by atomic mass is 9.98. The molecule has 0 radical (unpaired) electrons. The molecule has 2 rings (SSSR count). The first kappa shape index (κ1) is 27.6. The summed E-state index contributed by atoms with van der Waals surface area (Å²) in [5.74, 6) is -0.768.